The first-order valence-electron chi connectivity index (χ1n) is 7.73. The third-order valence-corrected chi connectivity index (χ3v) is 4.82. The number of nitrogens with one attached hydrogen (secondary N) is 1. The first-order chi connectivity index (χ1) is 10.6. The van der Waals surface area contributed by atoms with E-state index in [1.807, 2.05) is 0 Å². The van der Waals surface area contributed by atoms with E-state index in [-0.39, 0.29) is 30.7 Å². The van der Waals surface area contributed by atoms with Crippen molar-refractivity contribution in [1.82, 2.24) is 10.2 Å². The molecule has 1 aliphatic heterocycles. The third kappa shape index (κ3) is 4.82. The number of halogens is 3. The maximum atomic E-state index is 12.4. The Hall–Kier alpha value is -0.880. The Morgan fingerprint density at radius 2 is 2.08 bits per heavy atom. The molecule has 24 heavy (non-hydrogen) atoms. The number of carbonyl (C=O) groups excluding carboxylic acids is 1. The lowest BCUT2D eigenvalue weighted by Crippen LogP contribution is -2.31. The van der Waals surface area contributed by atoms with Gasteiger partial charge in [-0.25, -0.2) is 0 Å². The number of rotatable bonds is 5. The van der Waals surface area contributed by atoms with Crippen LogP contribution in [0.25, 0.3) is 0 Å². The lowest BCUT2D eigenvalue weighted by Gasteiger charge is -2.16. The summed E-state index contributed by atoms with van der Waals surface area (Å²) in [4.78, 5) is 14.9. The molecule has 3 rings (SSSR count). The molecule has 0 bridgehead atoms. The Labute approximate surface area is 160 Å². The monoisotopic (exact) mass is 395 g/mol. The van der Waals surface area contributed by atoms with Gasteiger partial charge in [0.15, 0.2) is 0 Å². The van der Waals surface area contributed by atoms with E-state index in [4.69, 9.17) is 22.1 Å². The van der Waals surface area contributed by atoms with Gasteiger partial charge in [0.25, 0.3) is 5.91 Å². The zero-order chi connectivity index (χ0) is 15.7. The Morgan fingerprint density at radius 1 is 1.38 bits per heavy atom. The van der Waals surface area contributed by atoms with Crippen LogP contribution < -0.4 is 15.8 Å². The Kier molecular flexibility index (Phi) is 7.93. The summed E-state index contributed by atoms with van der Waals surface area (Å²) in [5, 5.41) is 3.36. The van der Waals surface area contributed by atoms with E-state index in [1.165, 1.54) is 20.0 Å². The second-order valence-electron chi connectivity index (χ2n) is 6.16. The highest BCUT2D eigenvalue weighted by atomic mass is 35.5. The van der Waals surface area contributed by atoms with Gasteiger partial charge in [-0.3, -0.25) is 4.79 Å². The number of hydrogen-bond acceptors (Lipinski definition) is 4. The molecule has 1 aromatic carbocycles. The fourth-order valence-electron chi connectivity index (χ4n) is 3.05. The molecule has 1 unspecified atom stereocenters. The number of anilines is 1. The predicted octanol–water partition coefficient (Wildman–Crippen LogP) is 2.99. The van der Waals surface area contributed by atoms with Crippen LogP contribution >= 0.6 is 36.4 Å². The van der Waals surface area contributed by atoms with Crippen molar-refractivity contribution in [2.45, 2.75) is 25.3 Å². The standard InChI is InChI=1S/C16H22ClN3O2.2ClH/c1-22-15-7-14(18)13(17)6-12(15)16(21)19-8-10-4-5-20(9-10)11-2-3-11;;/h6-7,10-11H,2-5,8-9,18H2,1H3,(H,19,21);2*1H. The van der Waals surface area contributed by atoms with Gasteiger partial charge in [0.05, 0.1) is 23.4 Å². The molecule has 2 aliphatic rings. The van der Waals surface area contributed by atoms with Crippen LogP contribution in [0.2, 0.25) is 5.02 Å². The summed E-state index contributed by atoms with van der Waals surface area (Å²) in [6, 6.07) is 3.95. The van der Waals surface area contributed by atoms with Crippen molar-refractivity contribution in [3.8, 4) is 5.75 Å². The van der Waals surface area contributed by atoms with E-state index in [9.17, 15) is 4.79 Å². The van der Waals surface area contributed by atoms with Crippen molar-refractivity contribution in [2.24, 2.45) is 5.92 Å². The van der Waals surface area contributed by atoms with E-state index in [2.05, 4.69) is 10.2 Å². The molecule has 1 atom stereocenters. The lowest BCUT2D eigenvalue weighted by molar-refractivity contribution is 0.0944. The highest BCUT2D eigenvalue weighted by Gasteiger charge is 2.34. The predicted molar refractivity (Wildman–Crippen MR) is 102 cm³/mol. The van der Waals surface area contributed by atoms with Crippen molar-refractivity contribution < 1.29 is 9.53 Å². The number of carbonyl (C=O) groups is 1. The molecular formula is C16H24Cl3N3O2. The second-order valence-corrected chi connectivity index (χ2v) is 6.57. The number of nitrogens with zero attached hydrogens (tertiary/aromatic N) is 1. The first kappa shape index (κ1) is 21.2. The highest BCUT2D eigenvalue weighted by Crippen LogP contribution is 2.32. The van der Waals surface area contributed by atoms with Crippen LogP contribution in [0.3, 0.4) is 0 Å². The summed E-state index contributed by atoms with van der Waals surface area (Å²) >= 11 is 6.01. The van der Waals surface area contributed by atoms with Crippen LogP contribution in [-0.2, 0) is 0 Å². The van der Waals surface area contributed by atoms with Crippen molar-refractivity contribution in [2.75, 3.05) is 32.5 Å². The number of methoxy groups -OCH3 is 1. The van der Waals surface area contributed by atoms with Gasteiger partial charge in [-0.05, 0) is 37.8 Å². The normalized spacial score (nSPS) is 20.0. The van der Waals surface area contributed by atoms with Crippen LogP contribution in [0, 0.1) is 5.92 Å². The summed E-state index contributed by atoms with van der Waals surface area (Å²) in [5.74, 6) is 0.814. The van der Waals surface area contributed by atoms with Gasteiger partial charge < -0.3 is 20.7 Å². The van der Waals surface area contributed by atoms with Crippen molar-refractivity contribution in [3.63, 3.8) is 0 Å². The molecule has 1 aliphatic carbocycles. The maximum absolute atomic E-state index is 12.4. The summed E-state index contributed by atoms with van der Waals surface area (Å²) < 4.78 is 5.22. The number of nitrogens with two attached hydrogens (primary N) is 1. The molecule has 0 aromatic heterocycles. The number of nitrogen functional groups attached to an aromatic ring is 1. The Morgan fingerprint density at radius 3 is 2.71 bits per heavy atom. The Bertz CT molecular complexity index is 582. The average molecular weight is 397 g/mol. The van der Waals surface area contributed by atoms with E-state index >= 15 is 0 Å². The van der Waals surface area contributed by atoms with Crippen LogP contribution in [0.4, 0.5) is 5.69 Å². The Balaban J connectivity index is 0.00000144. The van der Waals surface area contributed by atoms with Crippen LogP contribution in [-0.4, -0.2) is 43.6 Å². The second kappa shape index (κ2) is 8.99. The van der Waals surface area contributed by atoms with Crippen LogP contribution in [0.15, 0.2) is 12.1 Å². The molecule has 136 valence electrons. The molecule has 0 spiro atoms. The number of likely N-dealkylation sites (tertiary alicyclic amines) is 1. The molecule has 1 amide bonds. The highest BCUT2D eigenvalue weighted by molar-refractivity contribution is 6.33. The van der Waals surface area contributed by atoms with Gasteiger partial charge in [-0.15, -0.1) is 24.8 Å². The van der Waals surface area contributed by atoms with E-state index in [0.29, 0.717) is 34.5 Å². The minimum Gasteiger partial charge on any atom is -0.496 e. The van der Waals surface area contributed by atoms with Gasteiger partial charge in [0.2, 0.25) is 0 Å². The van der Waals surface area contributed by atoms with Gasteiger partial charge >= 0.3 is 0 Å². The smallest absolute Gasteiger partial charge is 0.255 e. The first-order valence-corrected chi connectivity index (χ1v) is 8.11. The molecular weight excluding hydrogens is 373 g/mol. The zero-order valence-corrected chi connectivity index (χ0v) is 16.0. The fraction of sp³-hybridized carbons (Fsp3) is 0.562. The van der Waals surface area contributed by atoms with Gasteiger partial charge in [-0.1, -0.05) is 11.6 Å². The number of amides is 1. The quantitative estimate of drug-likeness (QED) is 0.751. The number of hydrogen-bond donors (Lipinski definition) is 2. The third-order valence-electron chi connectivity index (χ3n) is 4.50. The molecule has 3 N–H and O–H groups in total. The SMILES string of the molecule is COc1cc(N)c(Cl)cc1C(=O)NCC1CCN(C2CC2)C1.Cl.Cl. The average Bonchev–Trinajstić information content (AvgIpc) is 3.26. The molecule has 2 fully saturated rings. The lowest BCUT2D eigenvalue weighted by atomic mass is 10.1. The molecule has 0 radical (unpaired) electrons. The van der Waals surface area contributed by atoms with Crippen molar-refractivity contribution >= 4 is 48.0 Å². The van der Waals surface area contributed by atoms with Gasteiger partial charge in [-0.2, -0.15) is 0 Å². The van der Waals surface area contributed by atoms with E-state index in [1.54, 1.807) is 12.1 Å². The van der Waals surface area contributed by atoms with Crippen LogP contribution in [0.5, 0.6) is 5.75 Å². The number of ether oxygens (including phenoxy) is 1. The van der Waals surface area contributed by atoms with Gasteiger partial charge in [0, 0.05) is 25.2 Å². The summed E-state index contributed by atoms with van der Waals surface area (Å²) in [6.07, 6.45) is 3.82. The van der Waals surface area contributed by atoms with Gasteiger partial charge in [0.1, 0.15) is 5.75 Å². The largest absolute Gasteiger partial charge is 0.496 e. The van der Waals surface area contributed by atoms with Crippen LogP contribution in [0.1, 0.15) is 29.6 Å². The summed E-state index contributed by atoms with van der Waals surface area (Å²) in [6.45, 7) is 2.93. The van der Waals surface area contributed by atoms with Crippen molar-refractivity contribution in [1.29, 1.82) is 0 Å². The fourth-order valence-corrected chi connectivity index (χ4v) is 3.21. The molecule has 5 nitrogen and oxygen atoms in total. The molecule has 1 aromatic rings. The molecule has 1 heterocycles. The van der Waals surface area contributed by atoms with Crippen molar-refractivity contribution in [3.05, 3.63) is 22.7 Å². The minimum atomic E-state index is -0.163. The molecule has 1 saturated heterocycles. The van der Waals surface area contributed by atoms with E-state index < -0.39 is 0 Å². The summed E-state index contributed by atoms with van der Waals surface area (Å²) in [5.41, 5.74) is 6.58. The summed E-state index contributed by atoms with van der Waals surface area (Å²) in [7, 11) is 1.52. The topological polar surface area (TPSA) is 67.6 Å². The number of benzene rings is 1. The minimum absolute atomic E-state index is 0. The van der Waals surface area contributed by atoms with E-state index in [0.717, 1.165) is 25.6 Å². The zero-order valence-electron chi connectivity index (χ0n) is 13.6. The maximum Gasteiger partial charge on any atom is 0.255 e. The molecule has 1 saturated carbocycles. The molecule has 8 heteroatoms.